The molecule has 0 saturated heterocycles. The van der Waals surface area contributed by atoms with E-state index in [-0.39, 0.29) is 11.9 Å². The molecule has 2 aromatic carbocycles. The number of hydrogen-bond acceptors (Lipinski definition) is 5. The molecule has 1 atom stereocenters. The fraction of sp³-hybridized carbons (Fsp3) is 0.379. The van der Waals surface area contributed by atoms with E-state index in [2.05, 4.69) is 22.3 Å². The number of nitrogens with zero attached hydrogens (tertiary/aromatic N) is 2. The van der Waals surface area contributed by atoms with E-state index in [1.165, 1.54) is 0 Å². The van der Waals surface area contributed by atoms with Crippen molar-refractivity contribution in [3.8, 4) is 11.8 Å². The van der Waals surface area contributed by atoms with Gasteiger partial charge < -0.3 is 14.8 Å². The third kappa shape index (κ3) is 7.81. The van der Waals surface area contributed by atoms with E-state index < -0.39 is 6.04 Å². The summed E-state index contributed by atoms with van der Waals surface area (Å²) >= 11 is 0. The highest BCUT2D eigenvalue weighted by Crippen LogP contribution is 2.24. The molecule has 0 aliphatic carbocycles. The first kappa shape index (κ1) is 26.7. The molecule has 0 bridgehead atoms. The predicted molar refractivity (Wildman–Crippen MR) is 139 cm³/mol. The average molecular weight is 488 g/mol. The minimum Gasteiger partial charge on any atom is -0.461 e. The van der Waals surface area contributed by atoms with Crippen molar-refractivity contribution in [3.05, 3.63) is 65.9 Å². The largest absolute Gasteiger partial charge is 0.461 e. The lowest BCUT2D eigenvalue weighted by Crippen LogP contribution is -2.30. The Morgan fingerprint density at radius 1 is 1.06 bits per heavy atom. The van der Waals surface area contributed by atoms with Gasteiger partial charge in [-0.1, -0.05) is 54.8 Å². The van der Waals surface area contributed by atoms with Crippen LogP contribution in [-0.2, 0) is 25.7 Å². The molecule has 188 valence electrons. The number of hydrogen-bond donors (Lipinski definition) is 1. The number of aldehydes is 1. The Balaban J connectivity index is 1.52. The van der Waals surface area contributed by atoms with Gasteiger partial charge in [0.2, 0.25) is 5.91 Å². The summed E-state index contributed by atoms with van der Waals surface area (Å²) in [6.07, 6.45) is 6.03. The van der Waals surface area contributed by atoms with Gasteiger partial charge in [-0.15, -0.1) is 0 Å². The van der Waals surface area contributed by atoms with E-state index in [0.29, 0.717) is 44.4 Å². The molecule has 3 rings (SSSR count). The zero-order chi connectivity index (χ0) is 25.6. The van der Waals surface area contributed by atoms with Crippen LogP contribution in [0.3, 0.4) is 0 Å². The number of fused-ring (bicyclic) bond motifs is 1. The standard InChI is InChI=1S/C29H33N3O4/c1-30-29(35)27(19-12-13-21-33)32-26-18-11-10-16-24(26)25(31-32)17-8-3-2-4-9-20-28(34)36-22-23-14-6-5-7-15-23/h5-7,10-11,14-16,18,21,27H,2-4,9,12-13,19-20,22H2,1H3,(H,30,35). The molecule has 0 aliphatic heterocycles. The lowest BCUT2D eigenvalue weighted by atomic mass is 10.1. The second-order valence-electron chi connectivity index (χ2n) is 8.55. The SMILES string of the molecule is CNC(=O)C(CCCC=O)n1nc(C#CCCCCCC(=O)OCc2ccccc2)c2ccccc21. The second-order valence-corrected chi connectivity index (χ2v) is 8.55. The number of aromatic nitrogens is 2. The molecule has 0 spiro atoms. The van der Waals surface area contributed by atoms with Gasteiger partial charge in [0.1, 0.15) is 24.6 Å². The Hall–Kier alpha value is -3.92. The average Bonchev–Trinajstić information content (AvgIpc) is 3.28. The van der Waals surface area contributed by atoms with Crippen LogP contribution >= 0.6 is 0 Å². The van der Waals surface area contributed by atoms with E-state index >= 15 is 0 Å². The van der Waals surface area contributed by atoms with Gasteiger partial charge in [0.05, 0.1) is 5.52 Å². The number of carbonyl (C=O) groups is 3. The summed E-state index contributed by atoms with van der Waals surface area (Å²) in [5, 5.41) is 8.27. The molecule has 7 heteroatoms. The van der Waals surface area contributed by atoms with Crippen LogP contribution in [0.4, 0.5) is 0 Å². The Morgan fingerprint density at radius 2 is 1.83 bits per heavy atom. The molecule has 0 radical (unpaired) electrons. The van der Waals surface area contributed by atoms with Gasteiger partial charge in [0.15, 0.2) is 0 Å². The summed E-state index contributed by atoms with van der Waals surface area (Å²) in [7, 11) is 1.60. The van der Waals surface area contributed by atoms with Crippen molar-refractivity contribution in [2.45, 2.75) is 64.0 Å². The molecule has 1 aromatic heterocycles. The topological polar surface area (TPSA) is 90.3 Å². The predicted octanol–water partition coefficient (Wildman–Crippen LogP) is 4.74. The van der Waals surface area contributed by atoms with Crippen LogP contribution in [0.1, 0.15) is 68.7 Å². The number of likely N-dealkylation sites (N-methyl/N-ethyl adjacent to an activating group) is 1. The van der Waals surface area contributed by atoms with Gasteiger partial charge in [-0.3, -0.25) is 14.3 Å². The zero-order valence-electron chi connectivity index (χ0n) is 20.7. The van der Waals surface area contributed by atoms with Crippen molar-refractivity contribution in [2.75, 3.05) is 7.05 Å². The maximum Gasteiger partial charge on any atom is 0.306 e. The number of para-hydroxylation sites is 1. The molecule has 0 aliphatic rings. The van der Waals surface area contributed by atoms with Crippen molar-refractivity contribution in [3.63, 3.8) is 0 Å². The van der Waals surface area contributed by atoms with Crippen molar-refractivity contribution in [2.24, 2.45) is 0 Å². The number of unbranched alkanes of at least 4 members (excludes halogenated alkanes) is 4. The Morgan fingerprint density at radius 3 is 2.61 bits per heavy atom. The van der Waals surface area contributed by atoms with Gasteiger partial charge in [-0.2, -0.15) is 5.10 Å². The third-order valence-corrected chi connectivity index (χ3v) is 5.89. The van der Waals surface area contributed by atoms with Crippen molar-refractivity contribution in [1.29, 1.82) is 0 Å². The maximum absolute atomic E-state index is 12.6. The summed E-state index contributed by atoms with van der Waals surface area (Å²) in [5.41, 5.74) is 2.47. The van der Waals surface area contributed by atoms with Gasteiger partial charge in [-0.05, 0) is 49.3 Å². The van der Waals surface area contributed by atoms with Gasteiger partial charge in [-0.25, -0.2) is 0 Å². The van der Waals surface area contributed by atoms with Crippen LogP contribution in [0.15, 0.2) is 54.6 Å². The van der Waals surface area contributed by atoms with E-state index in [1.54, 1.807) is 11.7 Å². The van der Waals surface area contributed by atoms with Crippen molar-refractivity contribution < 1.29 is 19.1 Å². The van der Waals surface area contributed by atoms with Crippen molar-refractivity contribution in [1.82, 2.24) is 15.1 Å². The molecular weight excluding hydrogens is 454 g/mol. The van der Waals surface area contributed by atoms with E-state index in [4.69, 9.17) is 4.74 Å². The minimum absolute atomic E-state index is 0.143. The van der Waals surface area contributed by atoms with Gasteiger partial charge in [0, 0.05) is 31.7 Å². The number of benzene rings is 2. The summed E-state index contributed by atoms with van der Waals surface area (Å²) < 4.78 is 7.03. The van der Waals surface area contributed by atoms with Crippen LogP contribution in [0.2, 0.25) is 0 Å². The molecule has 7 nitrogen and oxygen atoms in total. The molecule has 0 fully saturated rings. The number of rotatable bonds is 13. The Bertz CT molecular complexity index is 1210. The Labute approximate surface area is 212 Å². The van der Waals surface area contributed by atoms with Crippen LogP contribution in [-0.4, -0.2) is 35.0 Å². The van der Waals surface area contributed by atoms with Crippen LogP contribution in [0.5, 0.6) is 0 Å². The highest BCUT2D eigenvalue weighted by molar-refractivity contribution is 5.87. The first-order chi connectivity index (χ1) is 17.6. The summed E-state index contributed by atoms with van der Waals surface area (Å²) in [6, 6.07) is 16.9. The van der Waals surface area contributed by atoms with E-state index in [0.717, 1.165) is 42.0 Å². The molecule has 36 heavy (non-hydrogen) atoms. The minimum atomic E-state index is -0.503. The number of nitrogens with one attached hydrogen (secondary N) is 1. The number of ether oxygens (including phenoxy) is 1. The van der Waals surface area contributed by atoms with Gasteiger partial charge in [0.25, 0.3) is 0 Å². The molecule has 1 amide bonds. The number of esters is 1. The molecule has 1 N–H and O–H groups in total. The summed E-state index contributed by atoms with van der Waals surface area (Å²) in [5.74, 6) is 6.03. The molecular formula is C29H33N3O4. The lowest BCUT2D eigenvalue weighted by Gasteiger charge is -2.16. The smallest absolute Gasteiger partial charge is 0.306 e. The summed E-state index contributed by atoms with van der Waals surface area (Å²) in [4.78, 5) is 35.2. The second kappa shape index (κ2) is 14.5. The molecule has 3 aromatic rings. The van der Waals surface area contributed by atoms with Gasteiger partial charge >= 0.3 is 5.97 Å². The molecule has 0 saturated carbocycles. The molecule has 1 unspecified atom stereocenters. The van der Waals surface area contributed by atoms with Crippen LogP contribution < -0.4 is 5.32 Å². The van der Waals surface area contributed by atoms with E-state index in [1.807, 2.05) is 54.6 Å². The quantitative estimate of drug-likeness (QED) is 0.163. The lowest BCUT2D eigenvalue weighted by molar-refractivity contribution is -0.145. The van der Waals surface area contributed by atoms with Crippen LogP contribution in [0.25, 0.3) is 10.9 Å². The van der Waals surface area contributed by atoms with E-state index in [9.17, 15) is 14.4 Å². The summed E-state index contributed by atoms with van der Waals surface area (Å²) in [6.45, 7) is 0.309. The van der Waals surface area contributed by atoms with Crippen LogP contribution in [0, 0.1) is 11.8 Å². The number of amides is 1. The number of carbonyl (C=O) groups excluding carboxylic acids is 3. The first-order valence-electron chi connectivity index (χ1n) is 12.4. The molecule has 1 heterocycles. The monoisotopic (exact) mass is 487 g/mol. The van der Waals surface area contributed by atoms with Crippen molar-refractivity contribution >= 4 is 29.1 Å². The first-order valence-corrected chi connectivity index (χ1v) is 12.4. The highest BCUT2D eigenvalue weighted by Gasteiger charge is 2.23. The zero-order valence-corrected chi connectivity index (χ0v) is 20.7. The fourth-order valence-electron chi connectivity index (χ4n) is 3.96. The maximum atomic E-state index is 12.6. The highest BCUT2D eigenvalue weighted by atomic mass is 16.5. The fourth-order valence-corrected chi connectivity index (χ4v) is 3.96. The normalized spacial score (nSPS) is 11.4. The Kier molecular flexibility index (Phi) is 10.7. The third-order valence-electron chi connectivity index (χ3n) is 5.89.